The van der Waals surface area contributed by atoms with Gasteiger partial charge in [0.25, 0.3) is 0 Å². The van der Waals surface area contributed by atoms with E-state index in [9.17, 15) is 13.2 Å². The summed E-state index contributed by atoms with van der Waals surface area (Å²) in [4.78, 5) is 15.9. The van der Waals surface area contributed by atoms with Crippen LogP contribution in [0.15, 0.2) is 42.7 Å². The number of hydrogen-bond acceptors (Lipinski definition) is 8. The van der Waals surface area contributed by atoms with Crippen LogP contribution >= 0.6 is 11.3 Å². The zero-order valence-corrected chi connectivity index (χ0v) is 23.3. The molecule has 0 aliphatic heterocycles. The summed E-state index contributed by atoms with van der Waals surface area (Å²) in [5.74, 6) is 2.43. The van der Waals surface area contributed by atoms with Crippen LogP contribution in [0.4, 0.5) is 13.2 Å². The van der Waals surface area contributed by atoms with Crippen molar-refractivity contribution in [3.05, 3.63) is 59.8 Å². The van der Waals surface area contributed by atoms with Crippen molar-refractivity contribution < 1.29 is 13.2 Å². The number of aryl methyl sites for hydroxylation is 1. The monoisotopic (exact) mass is 587 g/mol. The standard InChI is InChI=1S/C29H24F3N9S/c1-15-7-19(29(30,31)32)34-25-20(15)21-22(42-25)24-35-26(38-40(24)14-33-21)27-9-16-8-17(10-27)12-28(11-16,13-27)41-37-23(36-39-41)18-5-3-2-4-6-18/h2-7,14,16-17H,8-13H2,1H3. The normalized spacial score (nSPS) is 27.1. The van der Waals surface area contributed by atoms with E-state index in [1.165, 1.54) is 17.8 Å². The number of halogens is 3. The van der Waals surface area contributed by atoms with Crippen molar-refractivity contribution in [2.45, 2.75) is 62.6 Å². The maximum atomic E-state index is 13.5. The summed E-state index contributed by atoms with van der Waals surface area (Å²) < 4.78 is 42.9. The van der Waals surface area contributed by atoms with Crippen molar-refractivity contribution in [3.8, 4) is 11.4 Å². The number of rotatable bonds is 3. The van der Waals surface area contributed by atoms with Gasteiger partial charge >= 0.3 is 6.18 Å². The van der Waals surface area contributed by atoms with E-state index < -0.39 is 11.9 Å². The van der Waals surface area contributed by atoms with Crippen LogP contribution < -0.4 is 0 Å². The second kappa shape index (κ2) is 8.09. The Kier molecular flexibility index (Phi) is 4.73. The zero-order chi connectivity index (χ0) is 28.4. The van der Waals surface area contributed by atoms with Gasteiger partial charge in [0.2, 0.25) is 5.82 Å². The Labute approximate surface area is 240 Å². The lowest BCUT2D eigenvalue weighted by atomic mass is 9.46. The molecule has 0 saturated heterocycles. The first-order chi connectivity index (χ1) is 20.2. The first kappa shape index (κ1) is 24.6. The first-order valence-electron chi connectivity index (χ1n) is 14.1. The van der Waals surface area contributed by atoms with Crippen LogP contribution in [0.25, 0.3) is 37.5 Å². The number of fused-ring (bicyclic) bond motifs is 5. The zero-order valence-electron chi connectivity index (χ0n) is 22.5. The van der Waals surface area contributed by atoms with Gasteiger partial charge in [-0.15, -0.1) is 26.6 Å². The highest BCUT2D eigenvalue weighted by Crippen LogP contribution is 2.64. The number of tetrazole rings is 1. The number of benzene rings is 1. The summed E-state index contributed by atoms with van der Waals surface area (Å²) in [5.41, 5.74) is 1.28. The Morgan fingerprint density at radius 2 is 1.79 bits per heavy atom. The van der Waals surface area contributed by atoms with E-state index in [1.54, 1.807) is 17.8 Å². The molecular weight excluding hydrogens is 563 g/mol. The van der Waals surface area contributed by atoms with Gasteiger partial charge < -0.3 is 0 Å². The van der Waals surface area contributed by atoms with Crippen LogP contribution in [0.5, 0.6) is 0 Å². The molecule has 9 nitrogen and oxygen atoms in total. The van der Waals surface area contributed by atoms with Gasteiger partial charge in [0.05, 0.1) is 11.1 Å². The average molecular weight is 588 g/mol. The second-order valence-electron chi connectivity index (χ2n) is 12.5. The van der Waals surface area contributed by atoms with E-state index in [0.717, 1.165) is 49.6 Å². The molecule has 5 aromatic heterocycles. The molecule has 0 spiro atoms. The van der Waals surface area contributed by atoms with E-state index in [-0.39, 0.29) is 11.0 Å². The van der Waals surface area contributed by atoms with E-state index in [0.29, 0.717) is 49.3 Å². The number of alkyl halides is 3. The number of pyridine rings is 1. The molecule has 212 valence electrons. The third-order valence-electron chi connectivity index (χ3n) is 9.63. The van der Waals surface area contributed by atoms with E-state index in [4.69, 9.17) is 15.2 Å². The fourth-order valence-electron chi connectivity index (χ4n) is 8.41. The highest BCUT2D eigenvalue weighted by molar-refractivity contribution is 7.26. The lowest BCUT2D eigenvalue weighted by Crippen LogP contribution is -2.59. The van der Waals surface area contributed by atoms with Crippen molar-refractivity contribution in [3.63, 3.8) is 0 Å². The van der Waals surface area contributed by atoms with E-state index in [1.807, 2.05) is 35.1 Å². The summed E-state index contributed by atoms with van der Waals surface area (Å²) in [6.45, 7) is 1.67. The topological polar surface area (TPSA) is 99.6 Å². The fraction of sp³-hybridized carbons (Fsp3) is 0.414. The summed E-state index contributed by atoms with van der Waals surface area (Å²) in [6, 6.07) is 11.0. The van der Waals surface area contributed by atoms with Crippen LogP contribution in [0.2, 0.25) is 0 Å². The van der Waals surface area contributed by atoms with Gasteiger partial charge in [-0.25, -0.2) is 19.5 Å². The SMILES string of the molecule is Cc1cc(C(F)(F)F)nc2sc3c(ncn4nc(C56CC7CC(C5)CC(n5nnc(-c8ccccc8)n5)(C7)C6)nc34)c12. The summed E-state index contributed by atoms with van der Waals surface area (Å²) >= 11 is 1.19. The van der Waals surface area contributed by atoms with Crippen LogP contribution in [0.3, 0.4) is 0 Å². The minimum atomic E-state index is -4.52. The van der Waals surface area contributed by atoms with Crippen molar-refractivity contribution in [2.75, 3.05) is 0 Å². The molecule has 4 fully saturated rings. The predicted molar refractivity (Wildman–Crippen MR) is 149 cm³/mol. The van der Waals surface area contributed by atoms with Gasteiger partial charge in [0.15, 0.2) is 11.5 Å². The number of nitrogens with zero attached hydrogens (tertiary/aromatic N) is 9. The molecule has 1 aromatic carbocycles. The van der Waals surface area contributed by atoms with Gasteiger partial charge in [-0.3, -0.25) is 0 Å². The molecule has 42 heavy (non-hydrogen) atoms. The minimum Gasteiger partial charge on any atom is -0.234 e. The van der Waals surface area contributed by atoms with Gasteiger partial charge in [0, 0.05) is 16.4 Å². The lowest BCUT2D eigenvalue weighted by Gasteiger charge is -2.60. The molecule has 4 saturated carbocycles. The fourth-order valence-corrected chi connectivity index (χ4v) is 9.59. The highest BCUT2D eigenvalue weighted by Gasteiger charge is 2.61. The molecular formula is C29H24F3N9S. The largest absolute Gasteiger partial charge is 0.433 e. The molecule has 0 amide bonds. The number of thiophene rings is 1. The smallest absolute Gasteiger partial charge is 0.234 e. The number of hydrogen-bond donors (Lipinski definition) is 0. The minimum absolute atomic E-state index is 0.239. The third kappa shape index (κ3) is 3.39. The highest BCUT2D eigenvalue weighted by atomic mass is 32.1. The molecule has 4 bridgehead atoms. The Hall–Kier alpha value is -4.00. The Morgan fingerprint density at radius 1 is 1.00 bits per heavy atom. The van der Waals surface area contributed by atoms with Crippen molar-refractivity contribution >= 4 is 37.4 Å². The predicted octanol–water partition coefficient (Wildman–Crippen LogP) is 6.12. The molecule has 5 heterocycles. The molecule has 6 aromatic rings. The molecule has 13 heteroatoms. The average Bonchev–Trinajstić information content (AvgIpc) is 3.69. The van der Waals surface area contributed by atoms with Gasteiger partial charge in [-0.05, 0) is 74.1 Å². The quantitative estimate of drug-likeness (QED) is 0.246. The molecule has 4 aliphatic rings. The van der Waals surface area contributed by atoms with Crippen molar-refractivity contribution in [1.29, 1.82) is 0 Å². The van der Waals surface area contributed by atoms with Gasteiger partial charge in [-0.2, -0.15) is 18.0 Å². The Balaban J connectivity index is 1.16. The number of aromatic nitrogens is 9. The van der Waals surface area contributed by atoms with Crippen molar-refractivity contribution in [1.82, 2.24) is 44.8 Å². The van der Waals surface area contributed by atoms with Crippen molar-refractivity contribution in [2.24, 2.45) is 11.8 Å². The van der Waals surface area contributed by atoms with E-state index >= 15 is 0 Å². The summed E-state index contributed by atoms with van der Waals surface area (Å²) in [6.07, 6.45) is 3.14. The Bertz CT molecular complexity index is 2030. The molecule has 0 N–H and O–H groups in total. The van der Waals surface area contributed by atoms with Gasteiger partial charge in [0.1, 0.15) is 21.6 Å². The van der Waals surface area contributed by atoms with Crippen LogP contribution in [0.1, 0.15) is 55.6 Å². The summed E-state index contributed by atoms with van der Waals surface area (Å²) in [5, 5.41) is 19.5. The first-order valence-corrected chi connectivity index (χ1v) is 14.9. The second-order valence-corrected chi connectivity index (χ2v) is 13.5. The molecule has 2 unspecified atom stereocenters. The molecule has 2 atom stereocenters. The van der Waals surface area contributed by atoms with Gasteiger partial charge in [-0.1, -0.05) is 30.3 Å². The molecule has 10 rings (SSSR count). The van der Waals surface area contributed by atoms with Crippen LogP contribution in [-0.2, 0) is 17.1 Å². The Morgan fingerprint density at radius 3 is 2.55 bits per heavy atom. The molecule has 0 radical (unpaired) electrons. The van der Waals surface area contributed by atoms with E-state index in [2.05, 4.69) is 20.3 Å². The summed E-state index contributed by atoms with van der Waals surface area (Å²) in [7, 11) is 0. The third-order valence-corrected chi connectivity index (χ3v) is 10.7. The maximum Gasteiger partial charge on any atom is 0.433 e. The maximum absolute atomic E-state index is 13.5. The van der Waals surface area contributed by atoms with Crippen LogP contribution in [0, 0.1) is 18.8 Å². The van der Waals surface area contributed by atoms with Crippen LogP contribution in [-0.4, -0.2) is 44.8 Å². The molecule has 4 aliphatic carbocycles. The lowest BCUT2D eigenvalue weighted by molar-refractivity contribution is -0.141.